The molecule has 0 aliphatic carbocycles. The molecule has 0 aliphatic heterocycles. The molecule has 0 bridgehead atoms. The number of hydrogen-bond acceptors (Lipinski definition) is 3. The number of nitrogens with zero attached hydrogens (tertiary/aromatic N) is 1. The van der Waals surface area contributed by atoms with Crippen LogP contribution in [0.3, 0.4) is 0 Å². The Labute approximate surface area is 80.6 Å². The topological polar surface area (TPSA) is 59.1 Å². The first-order chi connectivity index (χ1) is 6.61. The number of nitrogens with two attached hydrogens (primary N) is 1. The highest BCUT2D eigenvalue weighted by Crippen LogP contribution is 2.27. The number of alkyl halides is 2. The van der Waals surface area contributed by atoms with Gasteiger partial charge in [-0.25, -0.2) is 8.78 Å². The molecule has 0 aromatic carbocycles. The van der Waals surface area contributed by atoms with Crippen molar-refractivity contribution in [3.63, 3.8) is 0 Å². The molecule has 0 saturated heterocycles. The maximum Gasteiger partial charge on any atom is 0.264 e. The lowest BCUT2D eigenvalue weighted by Crippen LogP contribution is -2.08. The third kappa shape index (κ3) is 1.88. The van der Waals surface area contributed by atoms with Gasteiger partial charge in [-0.15, -0.1) is 0 Å². The Hall–Kier alpha value is -1.07. The van der Waals surface area contributed by atoms with E-state index in [1.54, 1.807) is 0 Å². The molecule has 0 aliphatic rings. The summed E-state index contributed by atoms with van der Waals surface area (Å²) in [7, 11) is 0. The van der Waals surface area contributed by atoms with Gasteiger partial charge in [0, 0.05) is 18.3 Å². The van der Waals surface area contributed by atoms with Gasteiger partial charge in [0.05, 0.1) is 12.3 Å². The summed E-state index contributed by atoms with van der Waals surface area (Å²) in [5.41, 5.74) is 6.14. The average Bonchev–Trinajstić information content (AvgIpc) is 2.16. The normalized spacial score (nSPS) is 11.0. The molecule has 0 spiro atoms. The maximum absolute atomic E-state index is 12.6. The first-order valence-corrected chi connectivity index (χ1v) is 4.18. The quantitative estimate of drug-likeness (QED) is 0.776. The third-order valence-electron chi connectivity index (χ3n) is 2.15. The SMILES string of the molecule is Cc1c(CO)ncc(CN)c1C(F)F. The second kappa shape index (κ2) is 4.43. The summed E-state index contributed by atoms with van der Waals surface area (Å²) in [4.78, 5) is 3.85. The van der Waals surface area contributed by atoms with E-state index in [0.29, 0.717) is 11.1 Å². The van der Waals surface area contributed by atoms with Crippen LogP contribution in [-0.2, 0) is 13.2 Å². The van der Waals surface area contributed by atoms with Crippen LogP contribution in [0.2, 0.25) is 0 Å². The summed E-state index contributed by atoms with van der Waals surface area (Å²) in [6, 6.07) is 0. The molecule has 0 radical (unpaired) electrons. The largest absolute Gasteiger partial charge is 0.390 e. The summed E-state index contributed by atoms with van der Waals surface area (Å²) < 4.78 is 25.3. The van der Waals surface area contributed by atoms with E-state index in [2.05, 4.69) is 4.98 Å². The number of aliphatic hydroxyl groups excluding tert-OH is 1. The van der Waals surface area contributed by atoms with Gasteiger partial charge < -0.3 is 10.8 Å². The summed E-state index contributed by atoms with van der Waals surface area (Å²) in [6.07, 6.45) is -1.29. The number of halogens is 2. The van der Waals surface area contributed by atoms with Crippen LogP contribution in [0.5, 0.6) is 0 Å². The highest BCUT2D eigenvalue weighted by atomic mass is 19.3. The first kappa shape index (κ1) is 11.0. The van der Waals surface area contributed by atoms with Crippen molar-refractivity contribution in [2.45, 2.75) is 26.5 Å². The Morgan fingerprint density at radius 2 is 2.21 bits per heavy atom. The molecule has 0 atom stereocenters. The fraction of sp³-hybridized carbons (Fsp3) is 0.444. The van der Waals surface area contributed by atoms with E-state index >= 15 is 0 Å². The zero-order valence-corrected chi connectivity index (χ0v) is 7.80. The molecule has 5 heteroatoms. The van der Waals surface area contributed by atoms with Crippen molar-refractivity contribution in [1.29, 1.82) is 0 Å². The first-order valence-electron chi connectivity index (χ1n) is 4.18. The zero-order chi connectivity index (χ0) is 10.7. The van der Waals surface area contributed by atoms with Crippen LogP contribution in [0.1, 0.15) is 28.8 Å². The van der Waals surface area contributed by atoms with Crippen LogP contribution in [0.25, 0.3) is 0 Å². The van der Waals surface area contributed by atoms with E-state index in [9.17, 15) is 8.78 Å². The van der Waals surface area contributed by atoms with Crippen molar-refractivity contribution in [3.8, 4) is 0 Å². The molecule has 0 saturated carbocycles. The minimum Gasteiger partial charge on any atom is -0.390 e. The molecule has 0 fully saturated rings. The second-order valence-corrected chi connectivity index (χ2v) is 2.93. The monoisotopic (exact) mass is 202 g/mol. The molecule has 3 N–H and O–H groups in total. The van der Waals surface area contributed by atoms with Crippen LogP contribution in [0.15, 0.2) is 6.20 Å². The molecule has 1 heterocycles. The van der Waals surface area contributed by atoms with Crippen molar-refractivity contribution < 1.29 is 13.9 Å². The molecule has 0 unspecified atom stereocenters. The van der Waals surface area contributed by atoms with Crippen molar-refractivity contribution in [2.75, 3.05) is 0 Å². The minimum absolute atomic E-state index is 0.0270. The molecule has 3 nitrogen and oxygen atoms in total. The number of pyridine rings is 1. The van der Waals surface area contributed by atoms with E-state index in [0.717, 1.165) is 0 Å². The third-order valence-corrected chi connectivity index (χ3v) is 2.15. The fourth-order valence-electron chi connectivity index (χ4n) is 1.34. The van der Waals surface area contributed by atoms with Crippen LogP contribution in [0.4, 0.5) is 8.78 Å². The Morgan fingerprint density at radius 1 is 1.57 bits per heavy atom. The van der Waals surface area contributed by atoms with Crippen LogP contribution < -0.4 is 5.73 Å². The fourth-order valence-corrected chi connectivity index (χ4v) is 1.34. The van der Waals surface area contributed by atoms with Gasteiger partial charge >= 0.3 is 0 Å². The second-order valence-electron chi connectivity index (χ2n) is 2.93. The van der Waals surface area contributed by atoms with Gasteiger partial charge in [0.15, 0.2) is 0 Å². The number of hydrogen-bond donors (Lipinski definition) is 2. The Kier molecular flexibility index (Phi) is 3.49. The lowest BCUT2D eigenvalue weighted by atomic mass is 10.0. The highest BCUT2D eigenvalue weighted by Gasteiger charge is 2.17. The van der Waals surface area contributed by atoms with Gasteiger partial charge in [-0.05, 0) is 18.1 Å². The highest BCUT2D eigenvalue weighted by molar-refractivity contribution is 5.36. The predicted molar refractivity (Wildman–Crippen MR) is 47.7 cm³/mol. The number of aliphatic hydroxyl groups is 1. The van der Waals surface area contributed by atoms with Crippen molar-refractivity contribution in [2.24, 2.45) is 5.73 Å². The predicted octanol–water partition coefficient (Wildman–Crippen LogP) is 1.28. The summed E-state index contributed by atoms with van der Waals surface area (Å²) >= 11 is 0. The van der Waals surface area contributed by atoms with Crippen molar-refractivity contribution in [1.82, 2.24) is 4.98 Å². The van der Waals surface area contributed by atoms with Crippen LogP contribution in [0, 0.1) is 6.92 Å². The molecular formula is C9H12F2N2O. The van der Waals surface area contributed by atoms with Gasteiger partial charge in [-0.3, -0.25) is 4.98 Å². The molecular weight excluding hydrogens is 190 g/mol. The maximum atomic E-state index is 12.6. The molecule has 1 rings (SSSR count). The molecule has 1 aromatic heterocycles. The van der Waals surface area contributed by atoms with Gasteiger partial charge in [0.1, 0.15) is 0 Å². The van der Waals surface area contributed by atoms with E-state index in [1.165, 1.54) is 13.1 Å². The number of aromatic nitrogens is 1. The van der Waals surface area contributed by atoms with Gasteiger partial charge in [0.2, 0.25) is 0 Å². The Morgan fingerprint density at radius 3 is 2.64 bits per heavy atom. The smallest absolute Gasteiger partial charge is 0.264 e. The Balaban J connectivity index is 3.31. The van der Waals surface area contributed by atoms with E-state index in [4.69, 9.17) is 10.8 Å². The molecule has 1 aromatic rings. The summed E-state index contributed by atoms with van der Waals surface area (Å²) in [5.74, 6) is 0. The van der Waals surface area contributed by atoms with Crippen LogP contribution in [-0.4, -0.2) is 10.1 Å². The number of rotatable bonds is 3. The van der Waals surface area contributed by atoms with Gasteiger partial charge in [-0.1, -0.05) is 0 Å². The van der Waals surface area contributed by atoms with E-state index < -0.39 is 6.43 Å². The summed E-state index contributed by atoms with van der Waals surface area (Å²) in [5, 5.41) is 8.85. The lowest BCUT2D eigenvalue weighted by molar-refractivity contribution is 0.148. The molecule has 78 valence electrons. The standard InChI is InChI=1S/C9H12F2N2O/c1-5-7(4-14)13-3-6(2-12)8(5)9(10)11/h3,9,14H,2,4,12H2,1H3. The molecule has 14 heavy (non-hydrogen) atoms. The van der Waals surface area contributed by atoms with Gasteiger partial charge in [-0.2, -0.15) is 0 Å². The summed E-state index contributed by atoms with van der Waals surface area (Å²) in [6.45, 7) is 1.20. The zero-order valence-electron chi connectivity index (χ0n) is 7.80. The van der Waals surface area contributed by atoms with E-state index in [-0.39, 0.29) is 24.4 Å². The average molecular weight is 202 g/mol. The van der Waals surface area contributed by atoms with E-state index in [1.807, 2.05) is 0 Å². The van der Waals surface area contributed by atoms with Crippen LogP contribution >= 0.6 is 0 Å². The van der Waals surface area contributed by atoms with Crippen molar-refractivity contribution in [3.05, 3.63) is 28.6 Å². The van der Waals surface area contributed by atoms with Crippen molar-refractivity contribution >= 4 is 0 Å². The molecule has 0 amide bonds. The lowest BCUT2D eigenvalue weighted by Gasteiger charge is -2.12. The Bertz CT molecular complexity index is 329. The minimum atomic E-state index is -2.58. The van der Waals surface area contributed by atoms with Gasteiger partial charge in [0.25, 0.3) is 6.43 Å².